The fourth-order valence-corrected chi connectivity index (χ4v) is 2.29. The Balaban J connectivity index is 0.00000220. The predicted octanol–water partition coefficient (Wildman–Crippen LogP) is 0.847. The van der Waals surface area contributed by atoms with E-state index in [1.165, 1.54) is 0 Å². The molecule has 2 atom stereocenters. The minimum atomic E-state index is -0.501. The maximum absolute atomic E-state index is 11.7. The van der Waals surface area contributed by atoms with E-state index in [-0.39, 0.29) is 24.4 Å². The molecule has 21 heavy (non-hydrogen) atoms. The standard InChI is InChI=1S/C14H23N3O3.ClH/c1-10-3-4-13(20-10)12(9-16-14(18)11(2)15)17-5-7-19-8-6-17;/h3-4,11-12H,5-9,15H2,1-2H3,(H,16,18);1H. The van der Waals surface area contributed by atoms with Gasteiger partial charge in [0.1, 0.15) is 11.5 Å². The molecule has 1 saturated heterocycles. The van der Waals surface area contributed by atoms with Crippen molar-refractivity contribution in [2.45, 2.75) is 25.9 Å². The number of ether oxygens (including phenoxy) is 1. The number of carbonyl (C=O) groups is 1. The molecule has 0 spiro atoms. The Bertz CT molecular complexity index is 444. The summed E-state index contributed by atoms with van der Waals surface area (Å²) in [6, 6.07) is 3.43. The fourth-order valence-electron chi connectivity index (χ4n) is 2.29. The predicted molar refractivity (Wildman–Crippen MR) is 82.5 cm³/mol. The minimum absolute atomic E-state index is 0. The first-order valence-corrected chi connectivity index (χ1v) is 6.99. The highest BCUT2D eigenvalue weighted by atomic mass is 35.5. The van der Waals surface area contributed by atoms with Crippen molar-refractivity contribution in [3.05, 3.63) is 23.7 Å². The van der Waals surface area contributed by atoms with Crippen molar-refractivity contribution in [2.24, 2.45) is 5.73 Å². The Hall–Kier alpha value is -1.08. The minimum Gasteiger partial charge on any atom is -0.465 e. The number of nitrogens with zero attached hydrogens (tertiary/aromatic N) is 1. The van der Waals surface area contributed by atoms with E-state index in [0.717, 1.165) is 24.6 Å². The monoisotopic (exact) mass is 317 g/mol. The zero-order valence-corrected chi connectivity index (χ0v) is 13.3. The molecule has 0 saturated carbocycles. The number of furan rings is 1. The van der Waals surface area contributed by atoms with Gasteiger partial charge in [0, 0.05) is 19.6 Å². The van der Waals surface area contributed by atoms with Gasteiger partial charge in [0.25, 0.3) is 0 Å². The van der Waals surface area contributed by atoms with Crippen LogP contribution >= 0.6 is 12.4 Å². The van der Waals surface area contributed by atoms with Crippen molar-refractivity contribution >= 4 is 18.3 Å². The first kappa shape index (κ1) is 18.0. The zero-order chi connectivity index (χ0) is 14.5. The third-order valence-electron chi connectivity index (χ3n) is 3.46. The molecule has 1 fully saturated rings. The molecule has 1 aliphatic rings. The summed E-state index contributed by atoms with van der Waals surface area (Å²) in [5.41, 5.74) is 5.57. The van der Waals surface area contributed by atoms with E-state index >= 15 is 0 Å². The number of nitrogens with two attached hydrogens (primary N) is 1. The van der Waals surface area contributed by atoms with Gasteiger partial charge in [-0.25, -0.2) is 0 Å². The summed E-state index contributed by atoms with van der Waals surface area (Å²) in [7, 11) is 0. The van der Waals surface area contributed by atoms with Gasteiger partial charge >= 0.3 is 0 Å². The lowest BCUT2D eigenvalue weighted by Crippen LogP contribution is -2.46. The Kier molecular flexibility index (Phi) is 7.17. The Morgan fingerprint density at radius 1 is 1.43 bits per heavy atom. The molecule has 1 aromatic rings. The summed E-state index contributed by atoms with van der Waals surface area (Å²) < 4.78 is 11.1. The van der Waals surface area contributed by atoms with Crippen molar-refractivity contribution in [3.8, 4) is 0 Å². The smallest absolute Gasteiger partial charge is 0.236 e. The Labute approximate surface area is 131 Å². The average Bonchev–Trinajstić information content (AvgIpc) is 2.86. The largest absolute Gasteiger partial charge is 0.465 e. The third kappa shape index (κ3) is 5.00. The maximum Gasteiger partial charge on any atom is 0.236 e. The molecule has 3 N–H and O–H groups in total. The molecular weight excluding hydrogens is 294 g/mol. The highest BCUT2D eigenvalue weighted by Gasteiger charge is 2.25. The number of nitrogens with one attached hydrogen (secondary N) is 1. The van der Waals surface area contributed by atoms with Crippen LogP contribution in [0.5, 0.6) is 0 Å². The lowest BCUT2D eigenvalue weighted by Gasteiger charge is -2.33. The number of halogens is 1. The molecule has 0 aliphatic carbocycles. The molecule has 120 valence electrons. The second-order valence-corrected chi connectivity index (χ2v) is 5.15. The van der Waals surface area contributed by atoms with Crippen LogP contribution in [0, 0.1) is 6.92 Å². The van der Waals surface area contributed by atoms with Gasteiger partial charge in [0.2, 0.25) is 5.91 Å². The van der Waals surface area contributed by atoms with Crippen molar-refractivity contribution in [3.63, 3.8) is 0 Å². The highest BCUT2D eigenvalue weighted by molar-refractivity contribution is 5.85. The molecule has 0 radical (unpaired) electrons. The average molecular weight is 318 g/mol. The van der Waals surface area contributed by atoms with E-state index in [2.05, 4.69) is 10.2 Å². The van der Waals surface area contributed by atoms with Crippen LogP contribution in [-0.2, 0) is 9.53 Å². The molecule has 7 heteroatoms. The molecule has 1 aromatic heterocycles. The molecule has 1 amide bonds. The van der Waals surface area contributed by atoms with Gasteiger partial charge in [-0.05, 0) is 26.0 Å². The first-order valence-electron chi connectivity index (χ1n) is 6.99. The molecule has 0 aromatic carbocycles. The van der Waals surface area contributed by atoms with Crippen LogP contribution in [-0.4, -0.2) is 49.7 Å². The molecule has 6 nitrogen and oxygen atoms in total. The first-order chi connectivity index (χ1) is 9.58. The number of amides is 1. The van der Waals surface area contributed by atoms with Crippen LogP contribution in [0.4, 0.5) is 0 Å². The van der Waals surface area contributed by atoms with Gasteiger partial charge in [-0.2, -0.15) is 0 Å². The lowest BCUT2D eigenvalue weighted by molar-refractivity contribution is -0.122. The van der Waals surface area contributed by atoms with Crippen LogP contribution in [0.2, 0.25) is 0 Å². The van der Waals surface area contributed by atoms with E-state index in [1.807, 2.05) is 19.1 Å². The maximum atomic E-state index is 11.7. The summed E-state index contributed by atoms with van der Waals surface area (Å²) in [5.74, 6) is 1.60. The molecule has 2 unspecified atom stereocenters. The number of rotatable bonds is 5. The third-order valence-corrected chi connectivity index (χ3v) is 3.46. The number of hydrogen-bond acceptors (Lipinski definition) is 5. The lowest BCUT2D eigenvalue weighted by atomic mass is 10.1. The second-order valence-electron chi connectivity index (χ2n) is 5.15. The van der Waals surface area contributed by atoms with Crippen molar-refractivity contribution in [1.82, 2.24) is 10.2 Å². The molecule has 0 bridgehead atoms. The van der Waals surface area contributed by atoms with Crippen LogP contribution in [0.15, 0.2) is 16.5 Å². The number of hydrogen-bond donors (Lipinski definition) is 2. The SMILES string of the molecule is Cc1ccc(C(CNC(=O)C(C)N)N2CCOCC2)o1.Cl. The Morgan fingerprint density at radius 3 is 2.62 bits per heavy atom. The van der Waals surface area contributed by atoms with Crippen molar-refractivity contribution in [2.75, 3.05) is 32.8 Å². The zero-order valence-electron chi connectivity index (χ0n) is 12.5. The highest BCUT2D eigenvalue weighted by Crippen LogP contribution is 2.23. The molecule has 2 heterocycles. The van der Waals surface area contributed by atoms with Crippen molar-refractivity contribution in [1.29, 1.82) is 0 Å². The Morgan fingerprint density at radius 2 is 2.10 bits per heavy atom. The van der Waals surface area contributed by atoms with Gasteiger partial charge in [-0.15, -0.1) is 12.4 Å². The van der Waals surface area contributed by atoms with E-state index in [9.17, 15) is 4.79 Å². The normalized spacial score (nSPS) is 18.6. The van der Waals surface area contributed by atoms with E-state index in [4.69, 9.17) is 14.9 Å². The van der Waals surface area contributed by atoms with Crippen LogP contribution < -0.4 is 11.1 Å². The van der Waals surface area contributed by atoms with Gasteiger partial charge in [0.05, 0.1) is 25.3 Å². The number of morpholine rings is 1. The van der Waals surface area contributed by atoms with Crippen molar-refractivity contribution < 1.29 is 13.9 Å². The summed E-state index contributed by atoms with van der Waals surface area (Å²) in [4.78, 5) is 13.9. The van der Waals surface area contributed by atoms with Gasteiger partial charge < -0.3 is 20.2 Å². The van der Waals surface area contributed by atoms with Gasteiger partial charge in [-0.1, -0.05) is 0 Å². The molecular formula is C14H24ClN3O3. The summed E-state index contributed by atoms with van der Waals surface area (Å²) >= 11 is 0. The topological polar surface area (TPSA) is 80.7 Å². The fraction of sp³-hybridized carbons (Fsp3) is 0.643. The van der Waals surface area contributed by atoms with Crippen LogP contribution in [0.1, 0.15) is 24.5 Å². The quantitative estimate of drug-likeness (QED) is 0.841. The van der Waals surface area contributed by atoms with E-state index < -0.39 is 6.04 Å². The van der Waals surface area contributed by atoms with Crippen LogP contribution in [0.25, 0.3) is 0 Å². The number of carbonyl (C=O) groups excluding carboxylic acids is 1. The molecule has 1 aliphatic heterocycles. The van der Waals surface area contributed by atoms with Gasteiger partial charge in [0.15, 0.2) is 0 Å². The molecule has 2 rings (SSSR count). The van der Waals surface area contributed by atoms with Crippen LogP contribution in [0.3, 0.4) is 0 Å². The summed E-state index contributed by atoms with van der Waals surface area (Å²) in [6.07, 6.45) is 0. The summed E-state index contributed by atoms with van der Waals surface area (Å²) in [5, 5.41) is 2.88. The summed E-state index contributed by atoms with van der Waals surface area (Å²) in [6.45, 7) is 7.16. The van der Waals surface area contributed by atoms with Gasteiger partial charge in [-0.3, -0.25) is 9.69 Å². The number of aryl methyl sites for hydroxylation is 1. The second kappa shape index (κ2) is 8.38. The van der Waals surface area contributed by atoms with E-state index in [1.54, 1.807) is 6.92 Å². The van der Waals surface area contributed by atoms with E-state index in [0.29, 0.717) is 19.8 Å².